The van der Waals surface area contributed by atoms with Crippen LogP contribution in [-0.2, 0) is 21.2 Å². The van der Waals surface area contributed by atoms with Crippen LogP contribution in [0.2, 0.25) is 10.0 Å². The van der Waals surface area contributed by atoms with E-state index in [1.165, 1.54) is 12.1 Å². The van der Waals surface area contributed by atoms with E-state index in [9.17, 15) is 13.2 Å². The first kappa shape index (κ1) is 25.1. The SMILES string of the molecule is Cc1ccc(S(=O)(=O)N(CC(=O)NCCCc2ccccc2Cl)c2ccc(C)c(Cl)c2)cc1. The van der Waals surface area contributed by atoms with Crippen LogP contribution in [-0.4, -0.2) is 27.4 Å². The van der Waals surface area contributed by atoms with Gasteiger partial charge in [-0.25, -0.2) is 8.42 Å². The molecule has 8 heteroatoms. The fourth-order valence-corrected chi connectivity index (χ4v) is 5.10. The van der Waals surface area contributed by atoms with Gasteiger partial charge in [0.15, 0.2) is 0 Å². The van der Waals surface area contributed by atoms with E-state index in [1.54, 1.807) is 30.3 Å². The lowest BCUT2D eigenvalue weighted by atomic mass is 10.1. The maximum absolute atomic E-state index is 13.4. The number of sulfonamides is 1. The summed E-state index contributed by atoms with van der Waals surface area (Å²) < 4.78 is 27.9. The third-order valence-electron chi connectivity index (χ3n) is 5.24. The normalized spacial score (nSPS) is 11.3. The smallest absolute Gasteiger partial charge is 0.264 e. The molecule has 0 aliphatic rings. The minimum atomic E-state index is -3.98. The van der Waals surface area contributed by atoms with E-state index >= 15 is 0 Å². The number of rotatable bonds is 9. The first-order valence-corrected chi connectivity index (χ1v) is 12.7. The van der Waals surface area contributed by atoms with Crippen molar-refractivity contribution in [3.8, 4) is 0 Å². The van der Waals surface area contributed by atoms with Crippen LogP contribution in [0.5, 0.6) is 0 Å². The first-order valence-electron chi connectivity index (χ1n) is 10.5. The van der Waals surface area contributed by atoms with Crippen molar-refractivity contribution >= 4 is 44.8 Å². The fourth-order valence-electron chi connectivity index (χ4n) is 3.28. The number of amides is 1. The van der Waals surface area contributed by atoms with Crippen LogP contribution in [0.15, 0.2) is 71.6 Å². The van der Waals surface area contributed by atoms with E-state index in [0.29, 0.717) is 35.1 Å². The Morgan fingerprint density at radius 3 is 2.30 bits per heavy atom. The van der Waals surface area contributed by atoms with Gasteiger partial charge in [0.1, 0.15) is 6.54 Å². The highest BCUT2D eigenvalue weighted by Crippen LogP contribution is 2.28. The molecule has 3 aromatic carbocycles. The van der Waals surface area contributed by atoms with Crippen molar-refractivity contribution in [2.75, 3.05) is 17.4 Å². The molecule has 0 saturated heterocycles. The topological polar surface area (TPSA) is 66.5 Å². The Balaban J connectivity index is 1.75. The third-order valence-corrected chi connectivity index (χ3v) is 7.81. The summed E-state index contributed by atoms with van der Waals surface area (Å²) in [6.07, 6.45) is 1.38. The van der Waals surface area contributed by atoms with E-state index < -0.39 is 15.9 Å². The molecular formula is C25H26Cl2N2O3S. The van der Waals surface area contributed by atoms with E-state index in [-0.39, 0.29) is 11.4 Å². The van der Waals surface area contributed by atoms with E-state index in [0.717, 1.165) is 21.0 Å². The van der Waals surface area contributed by atoms with Gasteiger partial charge in [-0.1, -0.05) is 65.2 Å². The van der Waals surface area contributed by atoms with Gasteiger partial charge in [0.05, 0.1) is 10.6 Å². The summed E-state index contributed by atoms with van der Waals surface area (Å²) >= 11 is 12.4. The molecule has 0 heterocycles. The second-order valence-electron chi connectivity index (χ2n) is 7.80. The molecule has 0 unspecified atom stereocenters. The second-order valence-corrected chi connectivity index (χ2v) is 10.5. The number of anilines is 1. The Hall–Kier alpha value is -2.54. The molecule has 0 bridgehead atoms. The van der Waals surface area contributed by atoms with Crippen molar-refractivity contribution in [2.45, 2.75) is 31.6 Å². The predicted molar refractivity (Wildman–Crippen MR) is 135 cm³/mol. The number of carbonyl (C=O) groups is 1. The van der Waals surface area contributed by atoms with Gasteiger partial charge in [0.2, 0.25) is 5.91 Å². The summed E-state index contributed by atoms with van der Waals surface area (Å²) in [7, 11) is -3.98. The number of halogens is 2. The molecule has 3 aromatic rings. The fraction of sp³-hybridized carbons (Fsp3) is 0.240. The summed E-state index contributed by atoms with van der Waals surface area (Å²) in [6.45, 7) is 3.75. The summed E-state index contributed by atoms with van der Waals surface area (Å²) in [5.74, 6) is -0.401. The highest BCUT2D eigenvalue weighted by Gasteiger charge is 2.27. The Bertz CT molecular complexity index is 1230. The van der Waals surface area contributed by atoms with Crippen LogP contribution in [0.3, 0.4) is 0 Å². The molecule has 0 aliphatic carbocycles. The van der Waals surface area contributed by atoms with Gasteiger partial charge in [-0.05, 0) is 68.1 Å². The Morgan fingerprint density at radius 1 is 0.939 bits per heavy atom. The summed E-state index contributed by atoms with van der Waals surface area (Å²) in [6, 6.07) is 19.0. The van der Waals surface area contributed by atoms with Gasteiger partial charge < -0.3 is 5.32 Å². The highest BCUT2D eigenvalue weighted by atomic mass is 35.5. The summed E-state index contributed by atoms with van der Waals surface area (Å²) in [4.78, 5) is 12.8. The zero-order valence-corrected chi connectivity index (χ0v) is 20.8. The maximum Gasteiger partial charge on any atom is 0.264 e. The molecule has 0 aliphatic heterocycles. The molecule has 0 aromatic heterocycles. The number of nitrogens with zero attached hydrogens (tertiary/aromatic N) is 1. The molecular weight excluding hydrogens is 479 g/mol. The Morgan fingerprint density at radius 2 is 1.64 bits per heavy atom. The summed E-state index contributed by atoms with van der Waals surface area (Å²) in [5.41, 5.74) is 3.09. The zero-order chi connectivity index (χ0) is 24.0. The number of hydrogen-bond donors (Lipinski definition) is 1. The van der Waals surface area contributed by atoms with Crippen molar-refractivity contribution < 1.29 is 13.2 Å². The molecule has 3 rings (SSSR count). The lowest BCUT2D eigenvalue weighted by molar-refractivity contribution is -0.119. The van der Waals surface area contributed by atoms with Crippen LogP contribution >= 0.6 is 23.2 Å². The first-order chi connectivity index (χ1) is 15.7. The maximum atomic E-state index is 13.4. The average Bonchev–Trinajstić information content (AvgIpc) is 2.78. The van der Waals surface area contributed by atoms with E-state index in [4.69, 9.17) is 23.2 Å². The molecule has 0 fully saturated rings. The second kappa shape index (κ2) is 11.1. The van der Waals surface area contributed by atoms with Gasteiger partial charge >= 0.3 is 0 Å². The number of carbonyl (C=O) groups excluding carboxylic acids is 1. The van der Waals surface area contributed by atoms with Crippen LogP contribution in [0, 0.1) is 13.8 Å². The Kier molecular flexibility index (Phi) is 8.40. The molecule has 1 amide bonds. The van der Waals surface area contributed by atoms with Crippen LogP contribution < -0.4 is 9.62 Å². The van der Waals surface area contributed by atoms with Crippen LogP contribution in [0.4, 0.5) is 5.69 Å². The molecule has 174 valence electrons. The van der Waals surface area contributed by atoms with E-state index in [1.807, 2.05) is 38.1 Å². The lowest BCUT2D eigenvalue weighted by Crippen LogP contribution is -2.41. The predicted octanol–water partition coefficient (Wildman–Crippen LogP) is 5.55. The van der Waals surface area contributed by atoms with Crippen molar-refractivity contribution in [2.24, 2.45) is 0 Å². The van der Waals surface area contributed by atoms with Gasteiger partial charge in [-0.15, -0.1) is 0 Å². The van der Waals surface area contributed by atoms with Crippen molar-refractivity contribution in [1.29, 1.82) is 0 Å². The quantitative estimate of drug-likeness (QED) is 0.388. The number of hydrogen-bond acceptors (Lipinski definition) is 3. The largest absolute Gasteiger partial charge is 0.355 e. The molecule has 1 N–H and O–H groups in total. The average molecular weight is 505 g/mol. The van der Waals surface area contributed by atoms with Crippen molar-refractivity contribution in [1.82, 2.24) is 5.32 Å². The van der Waals surface area contributed by atoms with Crippen molar-refractivity contribution in [3.63, 3.8) is 0 Å². The van der Waals surface area contributed by atoms with Crippen molar-refractivity contribution in [3.05, 3.63) is 93.5 Å². The van der Waals surface area contributed by atoms with Gasteiger partial charge in [-0.3, -0.25) is 9.10 Å². The molecule has 33 heavy (non-hydrogen) atoms. The molecule has 0 radical (unpaired) electrons. The minimum Gasteiger partial charge on any atom is -0.355 e. The molecule has 5 nitrogen and oxygen atoms in total. The molecule has 0 atom stereocenters. The summed E-state index contributed by atoms with van der Waals surface area (Å²) in [5, 5.41) is 3.93. The van der Waals surface area contributed by atoms with Crippen LogP contribution in [0.25, 0.3) is 0 Å². The zero-order valence-electron chi connectivity index (χ0n) is 18.5. The number of benzene rings is 3. The number of nitrogens with one attached hydrogen (secondary N) is 1. The van der Waals surface area contributed by atoms with Gasteiger partial charge in [-0.2, -0.15) is 0 Å². The molecule has 0 saturated carbocycles. The minimum absolute atomic E-state index is 0.108. The van der Waals surface area contributed by atoms with Gasteiger partial charge in [0, 0.05) is 16.6 Å². The standard InChI is InChI=1S/C25H26Cl2N2O3S/c1-18-9-13-22(14-10-18)33(31,32)29(21-12-11-19(2)24(27)16-21)17-25(30)28-15-5-7-20-6-3-4-8-23(20)26/h3-4,6,8-14,16H,5,7,15,17H2,1-2H3,(H,28,30). The van der Waals surface area contributed by atoms with Gasteiger partial charge in [0.25, 0.3) is 10.0 Å². The number of aryl methyl sites for hydroxylation is 3. The lowest BCUT2D eigenvalue weighted by Gasteiger charge is -2.24. The van der Waals surface area contributed by atoms with Crippen LogP contribution in [0.1, 0.15) is 23.1 Å². The highest BCUT2D eigenvalue weighted by molar-refractivity contribution is 7.92. The Labute approximate surface area is 205 Å². The molecule has 0 spiro atoms. The monoisotopic (exact) mass is 504 g/mol. The third kappa shape index (κ3) is 6.50. The van der Waals surface area contributed by atoms with E-state index in [2.05, 4.69) is 5.32 Å².